The first-order chi connectivity index (χ1) is 12.9. The van der Waals surface area contributed by atoms with E-state index >= 15 is 0 Å². The monoisotopic (exact) mass is 436 g/mol. The smallest absolute Gasteiger partial charge is 0.364 e. The van der Waals surface area contributed by atoms with Crippen LogP contribution in [0, 0.1) is 12.3 Å². The summed E-state index contributed by atoms with van der Waals surface area (Å²) in [5, 5.41) is 0. The fourth-order valence-corrected chi connectivity index (χ4v) is 3.58. The summed E-state index contributed by atoms with van der Waals surface area (Å²) in [6.45, 7) is 6.46. The SMILES string of the molecule is C#CCOC/C(C)=C/CC/C(C)=C/CC/C(C)=C/COP(=O)(O)OP(=O)(O)O. The molecule has 0 aliphatic rings. The Kier molecular flexibility index (Phi) is 13.6. The van der Waals surface area contributed by atoms with Gasteiger partial charge in [-0.05, 0) is 46.5 Å². The zero-order chi connectivity index (χ0) is 21.6. The quantitative estimate of drug-likeness (QED) is 0.160. The van der Waals surface area contributed by atoms with Crippen molar-refractivity contribution in [2.24, 2.45) is 0 Å². The molecule has 0 aromatic carbocycles. The van der Waals surface area contributed by atoms with Gasteiger partial charge >= 0.3 is 15.6 Å². The Morgan fingerprint density at radius 1 is 0.964 bits per heavy atom. The number of hydrogen-bond donors (Lipinski definition) is 3. The van der Waals surface area contributed by atoms with Gasteiger partial charge in [0.15, 0.2) is 0 Å². The standard InChI is InChI=1S/C18H30O8P2/c1-5-13-24-15-18(4)11-7-9-16(2)8-6-10-17(3)12-14-25-28(22,23)26-27(19,20)21/h1,8,11-12H,6-7,9-10,13-15H2,2-4H3,(H,22,23)(H2,19,20,21)/b16-8+,17-12+,18-11+. The summed E-state index contributed by atoms with van der Waals surface area (Å²) in [5.74, 6) is 2.42. The zero-order valence-corrected chi connectivity index (χ0v) is 18.3. The predicted molar refractivity (Wildman–Crippen MR) is 108 cm³/mol. The van der Waals surface area contributed by atoms with Crippen molar-refractivity contribution >= 4 is 15.6 Å². The molecule has 0 aromatic rings. The number of phosphoric acid groups is 2. The number of hydrogen-bond acceptors (Lipinski definition) is 5. The van der Waals surface area contributed by atoms with Gasteiger partial charge in [0.05, 0.1) is 13.2 Å². The van der Waals surface area contributed by atoms with E-state index in [1.165, 1.54) is 5.57 Å². The minimum Gasteiger partial charge on any atom is -0.364 e. The van der Waals surface area contributed by atoms with Crippen LogP contribution in [0.4, 0.5) is 0 Å². The number of ether oxygens (including phenoxy) is 1. The third-order valence-corrected chi connectivity index (χ3v) is 5.61. The molecule has 0 bridgehead atoms. The Balaban J connectivity index is 4.17. The van der Waals surface area contributed by atoms with Crippen LogP contribution in [0.3, 0.4) is 0 Å². The van der Waals surface area contributed by atoms with Crippen molar-refractivity contribution in [3.63, 3.8) is 0 Å². The van der Waals surface area contributed by atoms with Gasteiger partial charge in [0.1, 0.15) is 6.61 Å². The van der Waals surface area contributed by atoms with E-state index < -0.39 is 15.6 Å². The highest BCUT2D eigenvalue weighted by molar-refractivity contribution is 7.60. The van der Waals surface area contributed by atoms with Crippen LogP contribution >= 0.6 is 15.6 Å². The maximum absolute atomic E-state index is 11.3. The summed E-state index contributed by atoms with van der Waals surface area (Å²) in [5.41, 5.74) is 3.32. The van der Waals surface area contributed by atoms with Gasteiger partial charge in [-0.25, -0.2) is 9.13 Å². The first-order valence-electron chi connectivity index (χ1n) is 8.67. The number of allylic oxidation sites excluding steroid dienone is 4. The van der Waals surface area contributed by atoms with Crippen LogP contribution in [0.15, 0.2) is 34.9 Å². The van der Waals surface area contributed by atoms with E-state index in [-0.39, 0.29) is 6.61 Å². The van der Waals surface area contributed by atoms with Gasteiger partial charge < -0.3 is 19.4 Å². The minimum atomic E-state index is -5.09. The van der Waals surface area contributed by atoms with E-state index in [1.807, 2.05) is 13.8 Å². The van der Waals surface area contributed by atoms with Gasteiger partial charge in [-0.1, -0.05) is 40.9 Å². The summed E-state index contributed by atoms with van der Waals surface area (Å²) >= 11 is 0. The first-order valence-corrected chi connectivity index (χ1v) is 11.7. The molecule has 28 heavy (non-hydrogen) atoms. The normalized spacial score (nSPS) is 16.0. The van der Waals surface area contributed by atoms with Crippen LogP contribution in [0.1, 0.15) is 46.5 Å². The number of rotatable bonds is 14. The Morgan fingerprint density at radius 2 is 1.50 bits per heavy atom. The van der Waals surface area contributed by atoms with Crippen LogP contribution in [0.2, 0.25) is 0 Å². The summed E-state index contributed by atoms with van der Waals surface area (Å²) in [6, 6.07) is 0. The average Bonchev–Trinajstić information content (AvgIpc) is 2.52. The van der Waals surface area contributed by atoms with Gasteiger partial charge in [0.2, 0.25) is 0 Å². The van der Waals surface area contributed by atoms with E-state index in [0.29, 0.717) is 13.2 Å². The highest BCUT2D eigenvalue weighted by Gasteiger charge is 2.31. The lowest BCUT2D eigenvalue weighted by molar-refractivity contribution is 0.191. The lowest BCUT2D eigenvalue weighted by atomic mass is 10.1. The van der Waals surface area contributed by atoms with Crippen molar-refractivity contribution in [1.82, 2.24) is 0 Å². The molecule has 0 fully saturated rings. The van der Waals surface area contributed by atoms with Crippen LogP contribution in [-0.4, -0.2) is 34.5 Å². The molecule has 0 saturated heterocycles. The summed E-state index contributed by atoms with van der Waals surface area (Å²) in [4.78, 5) is 26.2. The van der Waals surface area contributed by atoms with Crippen LogP contribution < -0.4 is 0 Å². The van der Waals surface area contributed by atoms with Crippen LogP contribution in [0.5, 0.6) is 0 Å². The third kappa shape index (κ3) is 17.1. The maximum atomic E-state index is 11.3. The van der Waals surface area contributed by atoms with Gasteiger partial charge in [-0.2, -0.15) is 4.31 Å². The Labute approximate surface area is 167 Å². The maximum Gasteiger partial charge on any atom is 0.481 e. The van der Waals surface area contributed by atoms with E-state index in [4.69, 9.17) is 25.8 Å². The summed E-state index contributed by atoms with van der Waals surface area (Å²) < 4.78 is 35.3. The van der Waals surface area contributed by atoms with E-state index in [1.54, 1.807) is 6.08 Å². The van der Waals surface area contributed by atoms with Crippen molar-refractivity contribution in [3.05, 3.63) is 34.9 Å². The molecule has 0 amide bonds. The zero-order valence-electron chi connectivity index (χ0n) is 16.5. The molecule has 0 rings (SSSR count). The van der Waals surface area contributed by atoms with Crippen molar-refractivity contribution < 1.29 is 37.4 Å². The summed E-state index contributed by atoms with van der Waals surface area (Å²) in [7, 11) is -9.87. The van der Waals surface area contributed by atoms with E-state index in [0.717, 1.165) is 36.8 Å². The Bertz CT molecular complexity index is 697. The first kappa shape index (κ1) is 27.0. The predicted octanol–water partition coefficient (Wildman–Crippen LogP) is 4.26. The molecular weight excluding hydrogens is 406 g/mol. The second-order valence-electron chi connectivity index (χ2n) is 6.26. The largest absolute Gasteiger partial charge is 0.481 e. The molecule has 160 valence electrons. The molecule has 10 heteroatoms. The molecule has 0 radical (unpaired) electrons. The Morgan fingerprint density at radius 3 is 2.04 bits per heavy atom. The van der Waals surface area contributed by atoms with E-state index in [2.05, 4.69) is 33.8 Å². The lowest BCUT2D eigenvalue weighted by Gasteiger charge is -2.11. The topological polar surface area (TPSA) is 123 Å². The average molecular weight is 436 g/mol. The highest BCUT2D eigenvalue weighted by Crippen LogP contribution is 2.57. The van der Waals surface area contributed by atoms with E-state index in [9.17, 15) is 9.13 Å². The fourth-order valence-electron chi connectivity index (χ4n) is 2.06. The summed E-state index contributed by atoms with van der Waals surface area (Å²) in [6.07, 6.45) is 14.3. The molecular formula is C18H30O8P2. The molecule has 3 N–H and O–H groups in total. The third-order valence-electron chi connectivity index (χ3n) is 3.46. The molecule has 0 aromatic heterocycles. The van der Waals surface area contributed by atoms with Crippen LogP contribution in [-0.2, 0) is 22.7 Å². The molecule has 1 unspecified atom stereocenters. The van der Waals surface area contributed by atoms with Crippen molar-refractivity contribution in [1.29, 1.82) is 0 Å². The molecule has 0 saturated carbocycles. The van der Waals surface area contributed by atoms with Gasteiger partial charge in [-0.3, -0.25) is 4.52 Å². The molecule has 0 spiro atoms. The van der Waals surface area contributed by atoms with Crippen LogP contribution in [0.25, 0.3) is 0 Å². The molecule has 0 aliphatic heterocycles. The highest BCUT2D eigenvalue weighted by atomic mass is 31.3. The second-order valence-corrected chi connectivity index (χ2v) is 9.09. The lowest BCUT2D eigenvalue weighted by Crippen LogP contribution is -1.95. The molecule has 8 nitrogen and oxygen atoms in total. The molecule has 1 atom stereocenters. The Hall–Kier alpha value is -1.00. The van der Waals surface area contributed by atoms with Gasteiger partial charge in [0, 0.05) is 0 Å². The number of phosphoric ester groups is 1. The minimum absolute atomic E-state index is 0.284. The van der Waals surface area contributed by atoms with Crippen molar-refractivity contribution in [2.45, 2.75) is 46.5 Å². The number of terminal acetylenes is 1. The van der Waals surface area contributed by atoms with Crippen molar-refractivity contribution in [3.8, 4) is 12.3 Å². The molecule has 0 aliphatic carbocycles. The van der Waals surface area contributed by atoms with Gasteiger partial charge in [0.25, 0.3) is 0 Å². The molecule has 0 heterocycles. The second kappa shape index (κ2) is 14.1. The van der Waals surface area contributed by atoms with Crippen molar-refractivity contribution in [2.75, 3.05) is 19.8 Å². The fraction of sp³-hybridized carbons (Fsp3) is 0.556. The van der Waals surface area contributed by atoms with Gasteiger partial charge in [-0.15, -0.1) is 6.42 Å².